The predicted octanol–water partition coefficient (Wildman–Crippen LogP) is 2.76. The number of aliphatic hydroxyl groups excluding tert-OH is 1. The molecule has 4 atom stereocenters. The van der Waals surface area contributed by atoms with Crippen molar-refractivity contribution in [1.82, 2.24) is 4.98 Å². The maximum absolute atomic E-state index is 9.92. The summed E-state index contributed by atoms with van der Waals surface area (Å²) in [6.07, 6.45) is 5.97. The summed E-state index contributed by atoms with van der Waals surface area (Å²) in [6.45, 7) is 4.30. The van der Waals surface area contributed by atoms with Crippen molar-refractivity contribution in [2.75, 3.05) is 0 Å². The molecule has 19 heavy (non-hydrogen) atoms. The van der Waals surface area contributed by atoms with Crippen molar-refractivity contribution in [2.45, 2.75) is 57.6 Å². The topological polar surface area (TPSA) is 59.1 Å². The second-order valence-corrected chi connectivity index (χ2v) is 6.71. The summed E-state index contributed by atoms with van der Waals surface area (Å²) in [5.41, 5.74) is 8.90. The van der Waals surface area contributed by atoms with Gasteiger partial charge in [0.05, 0.1) is 6.10 Å². The molecule has 3 rings (SSSR count). The van der Waals surface area contributed by atoms with E-state index in [-0.39, 0.29) is 17.6 Å². The Bertz CT molecular complexity index is 456. The van der Waals surface area contributed by atoms with Gasteiger partial charge in [0, 0.05) is 17.9 Å². The van der Waals surface area contributed by atoms with E-state index in [1.54, 1.807) is 0 Å². The zero-order valence-corrected chi connectivity index (χ0v) is 11.8. The number of pyridine rings is 1. The summed E-state index contributed by atoms with van der Waals surface area (Å²) in [7, 11) is 0. The van der Waals surface area contributed by atoms with Gasteiger partial charge in [-0.25, -0.2) is 0 Å². The van der Waals surface area contributed by atoms with Gasteiger partial charge in [0.15, 0.2) is 0 Å². The smallest absolute Gasteiger partial charge is 0.0549 e. The summed E-state index contributed by atoms with van der Waals surface area (Å²) in [5, 5.41) is 9.92. The van der Waals surface area contributed by atoms with Crippen molar-refractivity contribution in [3.63, 3.8) is 0 Å². The second-order valence-electron chi connectivity index (χ2n) is 6.71. The van der Waals surface area contributed by atoms with Gasteiger partial charge < -0.3 is 10.8 Å². The predicted molar refractivity (Wildman–Crippen MR) is 75.7 cm³/mol. The van der Waals surface area contributed by atoms with Crippen LogP contribution in [0.5, 0.6) is 0 Å². The van der Waals surface area contributed by atoms with E-state index in [0.29, 0.717) is 11.8 Å². The second kappa shape index (κ2) is 4.57. The number of aliphatic hydroxyl groups is 1. The number of nitrogens with two attached hydrogens (primary N) is 1. The van der Waals surface area contributed by atoms with Gasteiger partial charge in [-0.3, -0.25) is 4.98 Å². The first-order valence-electron chi connectivity index (χ1n) is 7.42. The minimum Gasteiger partial charge on any atom is -0.393 e. The van der Waals surface area contributed by atoms with Gasteiger partial charge in [0.25, 0.3) is 0 Å². The maximum Gasteiger partial charge on any atom is 0.0549 e. The van der Waals surface area contributed by atoms with Crippen LogP contribution in [0.15, 0.2) is 18.3 Å². The minimum absolute atomic E-state index is 0.0251. The van der Waals surface area contributed by atoms with Crippen LogP contribution in [-0.4, -0.2) is 16.2 Å². The van der Waals surface area contributed by atoms with Gasteiger partial charge in [0.1, 0.15) is 0 Å². The van der Waals surface area contributed by atoms with Crippen molar-refractivity contribution in [1.29, 1.82) is 0 Å². The van der Waals surface area contributed by atoms with Crippen LogP contribution in [0.3, 0.4) is 0 Å². The van der Waals surface area contributed by atoms with Gasteiger partial charge in [-0.15, -0.1) is 0 Å². The van der Waals surface area contributed by atoms with Crippen molar-refractivity contribution >= 4 is 0 Å². The highest BCUT2D eigenvalue weighted by Crippen LogP contribution is 2.62. The highest BCUT2D eigenvalue weighted by molar-refractivity contribution is 5.24. The van der Waals surface area contributed by atoms with Crippen molar-refractivity contribution < 1.29 is 5.11 Å². The lowest BCUT2D eigenvalue weighted by Gasteiger charge is -2.49. The first-order valence-corrected chi connectivity index (χ1v) is 7.42. The number of hydrogen-bond donors (Lipinski definition) is 2. The van der Waals surface area contributed by atoms with Crippen molar-refractivity contribution in [2.24, 2.45) is 17.1 Å². The Morgan fingerprint density at radius 2 is 2.21 bits per heavy atom. The number of fused-ring (bicyclic) bond motifs is 1. The van der Waals surface area contributed by atoms with Crippen LogP contribution in [0.1, 0.15) is 62.7 Å². The molecule has 1 heterocycles. The number of aromatic nitrogens is 1. The van der Waals surface area contributed by atoms with E-state index in [2.05, 4.69) is 31.0 Å². The van der Waals surface area contributed by atoms with E-state index >= 15 is 0 Å². The third-order valence-electron chi connectivity index (χ3n) is 5.32. The molecule has 104 valence electrons. The van der Waals surface area contributed by atoms with Crippen LogP contribution < -0.4 is 5.73 Å². The monoisotopic (exact) mass is 260 g/mol. The molecule has 3 unspecified atom stereocenters. The highest BCUT2D eigenvalue weighted by Gasteiger charge is 2.56. The Labute approximate surface area is 115 Å². The molecule has 0 amide bonds. The van der Waals surface area contributed by atoms with Crippen LogP contribution in [0.2, 0.25) is 0 Å². The maximum atomic E-state index is 9.92. The molecule has 0 spiro atoms. The van der Waals surface area contributed by atoms with Crippen LogP contribution in [0.4, 0.5) is 0 Å². The number of hydrogen-bond acceptors (Lipinski definition) is 3. The molecule has 3 heteroatoms. The Kier molecular flexibility index (Phi) is 3.14. The largest absolute Gasteiger partial charge is 0.393 e. The zero-order chi connectivity index (χ0) is 13.6. The fourth-order valence-corrected chi connectivity index (χ4v) is 4.00. The van der Waals surface area contributed by atoms with Crippen molar-refractivity contribution in [3.05, 3.63) is 29.6 Å². The first kappa shape index (κ1) is 13.1. The van der Waals surface area contributed by atoms with Gasteiger partial charge in [0.2, 0.25) is 0 Å². The van der Waals surface area contributed by atoms with Gasteiger partial charge >= 0.3 is 0 Å². The Balaban J connectivity index is 1.82. The molecule has 2 saturated carbocycles. The molecule has 2 fully saturated rings. The van der Waals surface area contributed by atoms with Crippen LogP contribution >= 0.6 is 0 Å². The average molecular weight is 260 g/mol. The molecule has 1 aromatic heterocycles. The molecule has 0 aliphatic heterocycles. The lowest BCUT2D eigenvalue weighted by molar-refractivity contribution is 0.0297. The van der Waals surface area contributed by atoms with E-state index < -0.39 is 0 Å². The van der Waals surface area contributed by atoms with Crippen LogP contribution in [-0.2, 0) is 0 Å². The molecular formula is C16H24N2O. The third-order valence-corrected chi connectivity index (χ3v) is 5.32. The molecule has 3 nitrogen and oxygen atoms in total. The minimum atomic E-state index is -0.151. The van der Waals surface area contributed by atoms with Gasteiger partial charge in [-0.05, 0) is 54.6 Å². The van der Waals surface area contributed by atoms with E-state index in [4.69, 9.17) is 5.73 Å². The number of rotatable bonds is 3. The lowest BCUT2D eigenvalue weighted by Crippen LogP contribution is -2.44. The van der Waals surface area contributed by atoms with Crippen LogP contribution in [0.25, 0.3) is 0 Å². The molecule has 3 N–H and O–H groups in total. The van der Waals surface area contributed by atoms with E-state index in [9.17, 15) is 5.11 Å². The summed E-state index contributed by atoms with van der Waals surface area (Å²) in [5.74, 6) is 1.07. The SMILES string of the molecule is CC(C)c1ccc(C(N)C23CCC2C[C@H](O)C3)cn1. The summed E-state index contributed by atoms with van der Waals surface area (Å²) in [4.78, 5) is 4.53. The van der Waals surface area contributed by atoms with E-state index in [1.165, 1.54) is 6.42 Å². The lowest BCUT2D eigenvalue weighted by atomic mass is 9.57. The first-order chi connectivity index (χ1) is 9.03. The molecule has 0 aromatic carbocycles. The average Bonchev–Trinajstić information content (AvgIpc) is 2.61. The normalized spacial score (nSPS) is 35.0. The quantitative estimate of drug-likeness (QED) is 0.878. The van der Waals surface area contributed by atoms with E-state index in [1.807, 2.05) is 6.20 Å². The number of nitrogens with zero attached hydrogens (tertiary/aromatic N) is 1. The molecule has 2 aliphatic rings. The molecule has 0 radical (unpaired) electrons. The zero-order valence-electron chi connectivity index (χ0n) is 11.8. The Morgan fingerprint density at radius 1 is 1.42 bits per heavy atom. The fourth-order valence-electron chi connectivity index (χ4n) is 4.00. The summed E-state index contributed by atoms with van der Waals surface area (Å²) in [6, 6.07) is 4.24. The molecule has 0 saturated heterocycles. The van der Waals surface area contributed by atoms with Gasteiger partial charge in [-0.2, -0.15) is 0 Å². The highest BCUT2D eigenvalue weighted by atomic mass is 16.3. The Morgan fingerprint density at radius 3 is 2.68 bits per heavy atom. The molecule has 0 bridgehead atoms. The van der Waals surface area contributed by atoms with Crippen LogP contribution in [0, 0.1) is 11.3 Å². The molecule has 1 aromatic rings. The standard InChI is InChI=1S/C16H24N2O/c1-10(2)14-4-3-11(9-18-14)15(17)16-6-5-12(16)7-13(19)8-16/h3-4,9-10,12-13,15,19H,5-8,17H2,1-2H3/t12?,13-,15?,16?/m0/s1. The third kappa shape index (κ3) is 2.00. The Hall–Kier alpha value is -0.930. The van der Waals surface area contributed by atoms with E-state index in [0.717, 1.165) is 30.5 Å². The van der Waals surface area contributed by atoms with Gasteiger partial charge in [-0.1, -0.05) is 19.9 Å². The molecular weight excluding hydrogens is 236 g/mol. The summed E-state index contributed by atoms with van der Waals surface area (Å²) < 4.78 is 0. The fraction of sp³-hybridized carbons (Fsp3) is 0.688. The van der Waals surface area contributed by atoms with Crippen molar-refractivity contribution in [3.8, 4) is 0 Å². The summed E-state index contributed by atoms with van der Waals surface area (Å²) >= 11 is 0. The molecule has 2 aliphatic carbocycles.